The van der Waals surface area contributed by atoms with E-state index in [0.717, 1.165) is 11.1 Å². The molecule has 2 rings (SSSR count). The molecule has 0 amide bonds. The minimum Gasteiger partial charge on any atom is -0.506 e. The van der Waals surface area contributed by atoms with Crippen LogP contribution in [0, 0.1) is 0 Å². The molecule has 1 aromatic carbocycles. The Morgan fingerprint density at radius 2 is 2.17 bits per heavy atom. The lowest BCUT2D eigenvalue weighted by atomic mass is 10.1. The molecule has 0 radical (unpaired) electrons. The molecule has 0 bridgehead atoms. The largest absolute Gasteiger partial charge is 0.506 e. The van der Waals surface area contributed by atoms with Gasteiger partial charge in [-0.1, -0.05) is 29.8 Å². The van der Waals surface area contributed by atoms with E-state index in [1.54, 1.807) is 12.3 Å². The first kappa shape index (κ1) is 12.9. The first-order valence-electron chi connectivity index (χ1n) is 5.78. The Labute approximate surface area is 111 Å². The number of nitrogens with zero attached hydrogens (tertiary/aromatic N) is 1. The van der Waals surface area contributed by atoms with Crippen molar-refractivity contribution in [2.45, 2.75) is 19.5 Å². The number of phenolic OH excluding ortho intramolecular Hbond substituents is 1. The van der Waals surface area contributed by atoms with Crippen molar-refractivity contribution in [3.8, 4) is 5.75 Å². The van der Waals surface area contributed by atoms with Gasteiger partial charge in [-0.3, -0.25) is 4.98 Å². The number of benzene rings is 1. The standard InChI is InChI=1S/C14H15ClN2O/c1-10(11-5-3-7-16-8-11)17-9-12-4-2-6-13(15)14(12)18/h2-8,10,17-18H,9H2,1H3. The van der Waals surface area contributed by atoms with Crippen LogP contribution >= 0.6 is 11.6 Å². The maximum Gasteiger partial charge on any atom is 0.138 e. The summed E-state index contributed by atoms with van der Waals surface area (Å²) in [7, 11) is 0. The number of halogens is 1. The molecule has 1 unspecified atom stereocenters. The third-order valence-corrected chi connectivity index (χ3v) is 3.16. The summed E-state index contributed by atoms with van der Waals surface area (Å²) in [6.45, 7) is 2.61. The Morgan fingerprint density at radius 1 is 1.33 bits per heavy atom. The zero-order chi connectivity index (χ0) is 13.0. The van der Waals surface area contributed by atoms with E-state index >= 15 is 0 Å². The monoisotopic (exact) mass is 262 g/mol. The molecule has 0 fully saturated rings. The quantitative estimate of drug-likeness (QED) is 0.889. The molecule has 3 nitrogen and oxygen atoms in total. The minimum atomic E-state index is 0.144. The normalized spacial score (nSPS) is 12.3. The Morgan fingerprint density at radius 3 is 2.89 bits per heavy atom. The summed E-state index contributed by atoms with van der Waals surface area (Å²) in [4.78, 5) is 4.08. The van der Waals surface area contributed by atoms with Crippen molar-refractivity contribution in [1.82, 2.24) is 10.3 Å². The van der Waals surface area contributed by atoms with Crippen LogP contribution in [0.25, 0.3) is 0 Å². The molecule has 1 aromatic heterocycles. The van der Waals surface area contributed by atoms with Gasteiger partial charge in [-0.2, -0.15) is 0 Å². The van der Waals surface area contributed by atoms with E-state index in [4.69, 9.17) is 11.6 Å². The average Bonchev–Trinajstić information content (AvgIpc) is 2.41. The number of phenols is 1. The van der Waals surface area contributed by atoms with Gasteiger partial charge in [-0.25, -0.2) is 0 Å². The fraction of sp³-hybridized carbons (Fsp3) is 0.214. The number of hydrogen-bond donors (Lipinski definition) is 2. The molecule has 0 aliphatic rings. The number of aromatic nitrogens is 1. The lowest BCUT2D eigenvalue weighted by Gasteiger charge is -2.14. The second-order valence-electron chi connectivity index (χ2n) is 4.14. The van der Waals surface area contributed by atoms with Gasteiger partial charge in [-0.15, -0.1) is 0 Å². The second-order valence-corrected chi connectivity index (χ2v) is 4.54. The maximum absolute atomic E-state index is 9.80. The van der Waals surface area contributed by atoms with E-state index < -0.39 is 0 Å². The van der Waals surface area contributed by atoms with Crippen LogP contribution < -0.4 is 5.32 Å². The maximum atomic E-state index is 9.80. The van der Waals surface area contributed by atoms with Gasteiger partial charge in [0, 0.05) is 30.5 Å². The van der Waals surface area contributed by atoms with Gasteiger partial charge >= 0.3 is 0 Å². The van der Waals surface area contributed by atoms with Crippen molar-refractivity contribution >= 4 is 11.6 Å². The predicted octanol–water partition coefficient (Wildman–Crippen LogP) is 3.29. The SMILES string of the molecule is CC(NCc1cccc(Cl)c1O)c1cccnc1. The Hall–Kier alpha value is -1.58. The number of aromatic hydroxyl groups is 1. The van der Waals surface area contributed by atoms with Gasteiger partial charge in [0.25, 0.3) is 0 Å². The number of pyridine rings is 1. The average molecular weight is 263 g/mol. The van der Waals surface area contributed by atoms with Crippen molar-refractivity contribution in [3.05, 3.63) is 58.9 Å². The molecule has 2 aromatic rings. The second kappa shape index (κ2) is 5.85. The first-order valence-corrected chi connectivity index (χ1v) is 6.16. The fourth-order valence-corrected chi connectivity index (χ4v) is 1.91. The van der Waals surface area contributed by atoms with E-state index in [2.05, 4.69) is 17.2 Å². The summed E-state index contributed by atoms with van der Waals surface area (Å²) in [5.74, 6) is 0.144. The third-order valence-electron chi connectivity index (χ3n) is 2.85. The van der Waals surface area contributed by atoms with E-state index in [0.29, 0.717) is 11.6 Å². The lowest BCUT2D eigenvalue weighted by Crippen LogP contribution is -2.18. The van der Waals surface area contributed by atoms with Gasteiger partial charge in [0.15, 0.2) is 0 Å². The van der Waals surface area contributed by atoms with Gasteiger partial charge in [-0.05, 0) is 24.6 Å². The molecule has 4 heteroatoms. The highest BCUT2D eigenvalue weighted by molar-refractivity contribution is 6.32. The smallest absolute Gasteiger partial charge is 0.138 e. The molecule has 94 valence electrons. The summed E-state index contributed by atoms with van der Waals surface area (Å²) in [6, 6.07) is 9.44. The van der Waals surface area contributed by atoms with Crippen LogP contribution in [-0.2, 0) is 6.54 Å². The van der Waals surface area contributed by atoms with Gasteiger partial charge in [0.1, 0.15) is 5.75 Å². The summed E-state index contributed by atoms with van der Waals surface area (Å²) in [5, 5.41) is 13.5. The number of para-hydroxylation sites is 1. The van der Waals surface area contributed by atoms with Crippen LogP contribution in [0.1, 0.15) is 24.1 Å². The fourth-order valence-electron chi connectivity index (χ4n) is 1.72. The Balaban J connectivity index is 2.02. The highest BCUT2D eigenvalue weighted by atomic mass is 35.5. The lowest BCUT2D eigenvalue weighted by molar-refractivity contribution is 0.460. The topological polar surface area (TPSA) is 45.1 Å². The minimum absolute atomic E-state index is 0.144. The van der Waals surface area contributed by atoms with Crippen LogP contribution in [0.3, 0.4) is 0 Å². The third kappa shape index (κ3) is 3.00. The van der Waals surface area contributed by atoms with Crippen LogP contribution in [-0.4, -0.2) is 10.1 Å². The highest BCUT2D eigenvalue weighted by Gasteiger charge is 2.08. The van der Waals surface area contributed by atoms with Crippen LogP contribution in [0.4, 0.5) is 0 Å². The van der Waals surface area contributed by atoms with Crippen molar-refractivity contribution in [2.75, 3.05) is 0 Å². The van der Waals surface area contributed by atoms with Gasteiger partial charge in [0.05, 0.1) is 5.02 Å². The number of nitrogens with one attached hydrogen (secondary N) is 1. The van der Waals surface area contributed by atoms with Crippen molar-refractivity contribution in [2.24, 2.45) is 0 Å². The van der Waals surface area contributed by atoms with Crippen molar-refractivity contribution in [1.29, 1.82) is 0 Å². The van der Waals surface area contributed by atoms with E-state index in [-0.39, 0.29) is 11.8 Å². The summed E-state index contributed by atoms with van der Waals surface area (Å²) in [5.41, 5.74) is 1.90. The molecule has 2 N–H and O–H groups in total. The van der Waals surface area contributed by atoms with Crippen LogP contribution in [0.5, 0.6) is 5.75 Å². The first-order chi connectivity index (χ1) is 8.68. The predicted molar refractivity (Wildman–Crippen MR) is 72.6 cm³/mol. The molecule has 0 aliphatic carbocycles. The molecule has 18 heavy (non-hydrogen) atoms. The Bertz CT molecular complexity index is 516. The molecule has 0 aliphatic heterocycles. The summed E-state index contributed by atoms with van der Waals surface area (Å²) < 4.78 is 0. The molecule has 1 atom stereocenters. The van der Waals surface area contributed by atoms with Crippen molar-refractivity contribution < 1.29 is 5.11 Å². The molecular formula is C14H15ClN2O. The molecule has 0 spiro atoms. The van der Waals surface area contributed by atoms with E-state index in [9.17, 15) is 5.11 Å². The highest BCUT2D eigenvalue weighted by Crippen LogP contribution is 2.27. The zero-order valence-corrected chi connectivity index (χ0v) is 10.9. The van der Waals surface area contributed by atoms with E-state index in [1.807, 2.05) is 30.5 Å². The van der Waals surface area contributed by atoms with E-state index in [1.165, 1.54) is 0 Å². The summed E-state index contributed by atoms with van der Waals surface area (Å²) in [6.07, 6.45) is 3.58. The van der Waals surface area contributed by atoms with Crippen LogP contribution in [0.2, 0.25) is 5.02 Å². The van der Waals surface area contributed by atoms with Crippen LogP contribution in [0.15, 0.2) is 42.7 Å². The summed E-state index contributed by atoms with van der Waals surface area (Å²) >= 11 is 5.86. The van der Waals surface area contributed by atoms with Crippen molar-refractivity contribution in [3.63, 3.8) is 0 Å². The number of rotatable bonds is 4. The molecular weight excluding hydrogens is 248 g/mol. The van der Waals surface area contributed by atoms with Gasteiger partial charge in [0.2, 0.25) is 0 Å². The molecule has 1 heterocycles. The molecule has 0 saturated heterocycles. The number of hydrogen-bond acceptors (Lipinski definition) is 3. The van der Waals surface area contributed by atoms with Gasteiger partial charge < -0.3 is 10.4 Å². The zero-order valence-electron chi connectivity index (χ0n) is 10.1. The molecule has 0 saturated carbocycles. The Kier molecular flexibility index (Phi) is 4.18.